The van der Waals surface area contributed by atoms with Gasteiger partial charge in [0, 0.05) is 15.5 Å². The minimum atomic E-state index is -2.82. The summed E-state index contributed by atoms with van der Waals surface area (Å²) in [5, 5.41) is 10.0. The summed E-state index contributed by atoms with van der Waals surface area (Å²) in [6.45, 7) is 0. The maximum absolute atomic E-state index is 6.72. The fourth-order valence-corrected chi connectivity index (χ4v) is 19.6. The van der Waals surface area contributed by atoms with Gasteiger partial charge < -0.3 is 9.64 Å². The molecule has 5 heteroatoms. The van der Waals surface area contributed by atoms with Gasteiger partial charge in [-0.05, 0) is 80.4 Å². The molecule has 8 aromatic carbocycles. The third-order valence-corrected chi connectivity index (χ3v) is 20.4. The molecule has 1 radical (unpaired) electrons. The van der Waals surface area contributed by atoms with Crippen LogP contribution in [0.2, 0.25) is 0 Å². The summed E-state index contributed by atoms with van der Waals surface area (Å²) in [4.78, 5) is 4.95. The van der Waals surface area contributed by atoms with E-state index in [1.807, 2.05) is 11.8 Å². The Labute approximate surface area is 316 Å². The van der Waals surface area contributed by atoms with Crippen LogP contribution in [0.25, 0.3) is 11.1 Å². The summed E-state index contributed by atoms with van der Waals surface area (Å²) in [7, 11) is -4.13. The Morgan fingerprint density at radius 3 is 1.64 bits per heavy atom. The number of para-hydroxylation sites is 4. The highest BCUT2D eigenvalue weighted by Crippen LogP contribution is 2.51. The Morgan fingerprint density at radius 1 is 0.434 bits per heavy atom. The average molecular weight is 727 g/mol. The zero-order valence-electron chi connectivity index (χ0n) is 28.7. The van der Waals surface area contributed by atoms with Gasteiger partial charge in [0.15, 0.2) is 16.9 Å². The van der Waals surface area contributed by atoms with Crippen LogP contribution in [0.1, 0.15) is 0 Å². The Bertz CT molecular complexity index is 2620. The monoisotopic (exact) mass is 726 g/mol. The van der Waals surface area contributed by atoms with Crippen molar-refractivity contribution in [1.29, 1.82) is 0 Å². The van der Waals surface area contributed by atoms with Gasteiger partial charge in [0.2, 0.25) is 0 Å². The normalized spacial score (nSPS) is 14.5. The van der Waals surface area contributed by atoms with Crippen molar-refractivity contribution < 1.29 is 4.74 Å². The van der Waals surface area contributed by atoms with Gasteiger partial charge in [0.1, 0.15) is 11.5 Å². The van der Waals surface area contributed by atoms with Crippen LogP contribution in [0.15, 0.2) is 204 Å². The highest BCUT2D eigenvalue weighted by atomic mass is 32.2. The van der Waals surface area contributed by atoms with Crippen molar-refractivity contribution in [2.24, 2.45) is 0 Å². The van der Waals surface area contributed by atoms with Crippen molar-refractivity contribution in [3.8, 4) is 22.6 Å². The van der Waals surface area contributed by atoms with Crippen LogP contribution >= 0.6 is 11.8 Å². The topological polar surface area (TPSA) is 12.5 Å². The predicted octanol–water partition coefficient (Wildman–Crippen LogP) is 7.60. The van der Waals surface area contributed by atoms with Crippen LogP contribution in [0.3, 0.4) is 0 Å². The quantitative estimate of drug-likeness (QED) is 0.174. The first kappa shape index (κ1) is 30.7. The third kappa shape index (κ3) is 4.58. The molecule has 0 fully saturated rings. The molecule has 0 N–H and O–H groups in total. The maximum atomic E-state index is 6.72. The van der Waals surface area contributed by atoms with Gasteiger partial charge in [0.25, 0.3) is 0 Å². The first-order valence-corrected chi connectivity index (χ1v) is 22.4. The van der Waals surface area contributed by atoms with Gasteiger partial charge in [-0.25, -0.2) is 0 Å². The van der Waals surface area contributed by atoms with Crippen molar-refractivity contribution in [2.75, 3.05) is 4.90 Å². The number of ether oxygens (including phenoxy) is 1. The van der Waals surface area contributed by atoms with E-state index in [9.17, 15) is 0 Å². The Kier molecular flexibility index (Phi) is 7.02. The van der Waals surface area contributed by atoms with E-state index in [-0.39, 0.29) is 0 Å². The third-order valence-electron chi connectivity index (χ3n) is 11.0. The molecule has 0 saturated heterocycles. The summed E-state index contributed by atoms with van der Waals surface area (Å²) >= 11 is 1.84. The zero-order valence-corrected chi connectivity index (χ0v) is 31.6. The van der Waals surface area contributed by atoms with Gasteiger partial charge in [-0.2, -0.15) is 0 Å². The Hall–Kier alpha value is -5.86. The van der Waals surface area contributed by atoms with Crippen molar-refractivity contribution in [2.45, 2.75) is 9.79 Å². The van der Waals surface area contributed by atoms with E-state index < -0.39 is 16.9 Å². The number of fused-ring (bicyclic) bond motifs is 10. The molecule has 0 unspecified atom stereocenters. The van der Waals surface area contributed by atoms with Crippen LogP contribution in [0.5, 0.6) is 11.5 Å². The highest BCUT2D eigenvalue weighted by Gasteiger charge is 2.53. The van der Waals surface area contributed by atoms with Crippen molar-refractivity contribution in [3.05, 3.63) is 194 Å². The lowest BCUT2D eigenvalue weighted by Crippen LogP contribution is -2.87. The number of rotatable bonds is 3. The van der Waals surface area contributed by atoms with Crippen LogP contribution in [0.4, 0.5) is 17.1 Å². The maximum Gasteiger partial charge on any atom is 0.188 e. The van der Waals surface area contributed by atoms with Crippen molar-refractivity contribution in [3.63, 3.8) is 0 Å². The number of nitrogens with zero attached hydrogens (tertiary/aromatic N) is 1. The average Bonchev–Trinajstić information content (AvgIpc) is 3.23. The Morgan fingerprint density at radius 2 is 0.962 bits per heavy atom. The fraction of sp³-hybridized carbons (Fsp3) is 0. The smallest absolute Gasteiger partial charge is 0.188 e. The largest absolute Gasteiger partial charge is 0.458 e. The highest BCUT2D eigenvalue weighted by molar-refractivity contribution is 7.99. The molecule has 2 nitrogen and oxygen atoms in total. The number of anilines is 3. The van der Waals surface area contributed by atoms with E-state index in [2.05, 4.69) is 199 Å². The lowest BCUT2D eigenvalue weighted by atomic mass is 10.0. The summed E-state index contributed by atoms with van der Waals surface area (Å²) in [6, 6.07) is 72.2. The second-order valence-electron chi connectivity index (χ2n) is 13.8. The first-order valence-electron chi connectivity index (χ1n) is 18.1. The van der Waals surface area contributed by atoms with Gasteiger partial charge in [-0.15, -0.1) is 0 Å². The molecular formula is C48H32NOSSi2. The lowest BCUT2D eigenvalue weighted by Gasteiger charge is -2.45. The molecule has 0 bridgehead atoms. The summed E-state index contributed by atoms with van der Waals surface area (Å²) in [5.41, 5.74) is 6.06. The number of hydrogen-bond donors (Lipinski definition) is 0. The van der Waals surface area contributed by atoms with E-state index in [1.165, 1.54) is 68.6 Å². The summed E-state index contributed by atoms with van der Waals surface area (Å²) in [5.74, 6) is 1.95. The zero-order chi connectivity index (χ0) is 34.9. The first-order chi connectivity index (χ1) is 26.3. The second kappa shape index (κ2) is 12.1. The molecule has 0 atom stereocenters. The fourth-order valence-electron chi connectivity index (χ4n) is 8.85. The van der Waals surface area contributed by atoms with E-state index in [1.54, 1.807) is 0 Å². The van der Waals surface area contributed by atoms with Crippen molar-refractivity contribution in [1.82, 2.24) is 0 Å². The van der Waals surface area contributed by atoms with Crippen LogP contribution in [-0.2, 0) is 0 Å². The second-order valence-corrected chi connectivity index (χ2v) is 21.0. The van der Waals surface area contributed by atoms with Crippen LogP contribution in [0, 0.1) is 0 Å². The van der Waals surface area contributed by atoms with Gasteiger partial charge >= 0.3 is 0 Å². The molecule has 3 heterocycles. The van der Waals surface area contributed by atoms with Crippen LogP contribution in [-0.4, -0.2) is 16.9 Å². The molecule has 0 aliphatic carbocycles. The molecule has 3 aliphatic heterocycles. The molecule has 249 valence electrons. The van der Waals surface area contributed by atoms with E-state index >= 15 is 0 Å². The molecule has 0 amide bonds. The van der Waals surface area contributed by atoms with Gasteiger partial charge in [-0.3, -0.25) is 0 Å². The molecule has 3 aliphatic rings. The summed E-state index contributed by atoms with van der Waals surface area (Å²) in [6.07, 6.45) is 0. The molecule has 11 rings (SSSR count). The standard InChI is InChI=1S/C48H32NOSSi2/c1-2-14-36(15-3-1)52-43-22-10-13-25-47(43)53(45-23-11-6-18-39(45)50-40-19-7-12-24-46(40)53)48-32-34(28-31-44(48)52)33-26-29-35(30-27-33)49-37-16-4-8-20-41(37)51-42-21-9-5-17-38(42)49/h1-32H. The van der Waals surface area contributed by atoms with E-state index in [0.29, 0.717) is 0 Å². The Balaban J connectivity index is 1.13. The summed E-state index contributed by atoms with van der Waals surface area (Å²) < 4.78 is 6.72. The molecule has 53 heavy (non-hydrogen) atoms. The SMILES string of the molecule is c1ccc([Si]2c3ccccc3[Si]3(c4ccccc4Oc4ccccc43)c3cc(-c4ccc(N5c6ccccc6Sc6ccccc65)cc4)ccc32)cc1. The number of benzene rings is 8. The van der Waals surface area contributed by atoms with Gasteiger partial charge in [0.05, 0.1) is 11.4 Å². The molecule has 8 aromatic rings. The predicted molar refractivity (Wildman–Crippen MR) is 225 cm³/mol. The minimum absolute atomic E-state index is 0.976. The number of hydrogen-bond acceptors (Lipinski definition) is 3. The lowest BCUT2D eigenvalue weighted by molar-refractivity contribution is 0.487. The molecule has 0 saturated carbocycles. The van der Waals surface area contributed by atoms with Gasteiger partial charge in [-0.1, -0.05) is 173 Å². The minimum Gasteiger partial charge on any atom is -0.458 e. The van der Waals surface area contributed by atoms with E-state index in [4.69, 9.17) is 4.74 Å². The van der Waals surface area contributed by atoms with Crippen molar-refractivity contribution >= 4 is 82.0 Å². The molecular weight excluding hydrogens is 695 g/mol. The van der Waals surface area contributed by atoms with Crippen LogP contribution < -0.4 is 45.9 Å². The van der Waals surface area contributed by atoms with E-state index in [0.717, 1.165) is 17.2 Å². The molecule has 1 spiro atoms. The molecule has 0 aromatic heterocycles.